The van der Waals surface area contributed by atoms with Crippen LogP contribution in [0.15, 0.2) is 12.2 Å². The fraction of sp³-hybridized carbons (Fsp3) is 0.926. The van der Waals surface area contributed by atoms with Crippen LogP contribution in [-0.4, -0.2) is 11.7 Å². The molecule has 0 aromatic rings. The molecule has 1 nitrogen and oxygen atoms in total. The third kappa shape index (κ3) is 3.14. The van der Waals surface area contributed by atoms with Crippen molar-refractivity contribution < 1.29 is 5.11 Å². The highest BCUT2D eigenvalue weighted by molar-refractivity contribution is 5.12. The average molecular weight is 387 g/mol. The number of allylic oxidation sites excluding steroid dienone is 2. The second-order valence-corrected chi connectivity index (χ2v) is 11.9. The van der Waals surface area contributed by atoms with Crippen molar-refractivity contribution in [2.45, 2.75) is 92.4 Å². The van der Waals surface area contributed by atoms with Crippen LogP contribution in [0.5, 0.6) is 0 Å². The summed E-state index contributed by atoms with van der Waals surface area (Å²) in [5, 5.41) is 9.90. The van der Waals surface area contributed by atoms with Gasteiger partial charge in [-0.1, -0.05) is 53.2 Å². The van der Waals surface area contributed by atoms with Crippen molar-refractivity contribution in [1.29, 1.82) is 0 Å². The summed E-state index contributed by atoms with van der Waals surface area (Å²) in [5.74, 6) is 6.61. The predicted octanol–water partition coefficient (Wildman–Crippen LogP) is 7.10. The van der Waals surface area contributed by atoms with Gasteiger partial charge in [-0.15, -0.1) is 0 Å². The fourth-order valence-corrected chi connectivity index (χ4v) is 9.09. The van der Waals surface area contributed by atoms with Gasteiger partial charge in [0.1, 0.15) is 0 Å². The highest BCUT2D eigenvalue weighted by Crippen LogP contribution is 2.69. The van der Waals surface area contributed by atoms with Gasteiger partial charge in [0, 0.05) is 6.61 Å². The van der Waals surface area contributed by atoms with E-state index in [4.69, 9.17) is 0 Å². The van der Waals surface area contributed by atoms with E-state index in [0.29, 0.717) is 23.4 Å². The summed E-state index contributed by atoms with van der Waals surface area (Å²) in [6.07, 6.45) is 17.7. The molecule has 0 saturated heterocycles. The predicted molar refractivity (Wildman–Crippen MR) is 119 cm³/mol. The van der Waals surface area contributed by atoms with Gasteiger partial charge < -0.3 is 5.11 Å². The first-order chi connectivity index (χ1) is 13.3. The maximum Gasteiger partial charge on any atom is 0.0462 e. The lowest BCUT2D eigenvalue weighted by atomic mass is 9.47. The van der Waals surface area contributed by atoms with E-state index in [1.807, 2.05) is 0 Å². The quantitative estimate of drug-likeness (QED) is 0.499. The van der Waals surface area contributed by atoms with E-state index in [9.17, 15) is 5.11 Å². The minimum absolute atomic E-state index is 0.431. The van der Waals surface area contributed by atoms with Gasteiger partial charge in [0.2, 0.25) is 0 Å². The minimum Gasteiger partial charge on any atom is -0.396 e. The Morgan fingerprint density at radius 2 is 1.54 bits per heavy atom. The van der Waals surface area contributed by atoms with E-state index in [-0.39, 0.29) is 0 Å². The number of aliphatic hydroxyl groups excluding tert-OH is 1. The van der Waals surface area contributed by atoms with Crippen LogP contribution in [-0.2, 0) is 0 Å². The second kappa shape index (κ2) is 7.75. The molecular formula is C27H46O. The standard InChI is InChI=1S/C27H46O/c1-6-18(2)7-8-19(3)22-11-12-24-21-9-10-23-20(17-28)13-15-27(23,5)25(21)14-16-26(22,24)4/h7-8,18-25,28H,6,9-17H2,1-5H3. The Kier molecular flexibility index (Phi) is 5.80. The molecule has 10 unspecified atom stereocenters. The Labute approximate surface area is 174 Å². The minimum atomic E-state index is 0.431. The second-order valence-electron chi connectivity index (χ2n) is 11.9. The van der Waals surface area contributed by atoms with Gasteiger partial charge in [0.25, 0.3) is 0 Å². The van der Waals surface area contributed by atoms with E-state index >= 15 is 0 Å². The molecule has 0 aliphatic heterocycles. The van der Waals surface area contributed by atoms with Crippen molar-refractivity contribution in [1.82, 2.24) is 0 Å². The Balaban J connectivity index is 1.52. The molecule has 0 radical (unpaired) electrons. The topological polar surface area (TPSA) is 20.2 Å². The number of fused-ring (bicyclic) bond motifs is 5. The third-order valence-electron chi connectivity index (χ3n) is 10.9. The third-order valence-corrected chi connectivity index (χ3v) is 10.9. The van der Waals surface area contributed by atoms with Crippen molar-refractivity contribution >= 4 is 0 Å². The van der Waals surface area contributed by atoms with Gasteiger partial charge in [0.15, 0.2) is 0 Å². The molecule has 1 heteroatoms. The summed E-state index contributed by atoms with van der Waals surface area (Å²) >= 11 is 0. The molecule has 160 valence electrons. The first kappa shape index (κ1) is 21.0. The highest BCUT2D eigenvalue weighted by atomic mass is 16.3. The fourth-order valence-electron chi connectivity index (χ4n) is 9.09. The summed E-state index contributed by atoms with van der Waals surface area (Å²) in [6, 6.07) is 0. The van der Waals surface area contributed by atoms with Crippen LogP contribution in [0.1, 0.15) is 92.4 Å². The van der Waals surface area contributed by atoms with Crippen molar-refractivity contribution in [3.63, 3.8) is 0 Å². The molecule has 0 aromatic heterocycles. The Morgan fingerprint density at radius 1 is 0.857 bits per heavy atom. The first-order valence-electron chi connectivity index (χ1n) is 12.6. The lowest BCUT2D eigenvalue weighted by molar-refractivity contribution is -0.0956. The average Bonchev–Trinajstić information content (AvgIpc) is 3.22. The molecule has 0 amide bonds. The Bertz CT molecular complexity index is 581. The smallest absolute Gasteiger partial charge is 0.0462 e. The van der Waals surface area contributed by atoms with E-state index in [2.05, 4.69) is 46.8 Å². The SMILES string of the molecule is CCC(C)C=CC(C)C1CCC2C3CCC4C(CO)CCC4(C)C3CCC12C. The van der Waals surface area contributed by atoms with E-state index in [0.717, 1.165) is 41.4 Å². The van der Waals surface area contributed by atoms with Crippen LogP contribution in [0.25, 0.3) is 0 Å². The zero-order valence-electron chi connectivity index (χ0n) is 19.3. The molecule has 0 spiro atoms. The zero-order valence-corrected chi connectivity index (χ0v) is 19.3. The molecule has 1 N–H and O–H groups in total. The molecule has 4 aliphatic carbocycles. The maximum absolute atomic E-state index is 9.90. The first-order valence-corrected chi connectivity index (χ1v) is 12.6. The molecule has 0 heterocycles. The molecule has 4 saturated carbocycles. The number of rotatable bonds is 5. The summed E-state index contributed by atoms with van der Waals surface area (Å²) < 4.78 is 0. The maximum atomic E-state index is 9.90. The molecule has 10 atom stereocenters. The summed E-state index contributed by atoms with van der Waals surface area (Å²) in [6.45, 7) is 12.9. The van der Waals surface area contributed by atoms with E-state index in [1.54, 1.807) is 0 Å². The van der Waals surface area contributed by atoms with Crippen LogP contribution >= 0.6 is 0 Å². The summed E-state index contributed by atoms with van der Waals surface area (Å²) in [7, 11) is 0. The van der Waals surface area contributed by atoms with Crippen molar-refractivity contribution in [2.24, 2.45) is 58.2 Å². The van der Waals surface area contributed by atoms with Crippen LogP contribution in [0.2, 0.25) is 0 Å². The Morgan fingerprint density at radius 3 is 2.25 bits per heavy atom. The highest BCUT2D eigenvalue weighted by Gasteiger charge is 2.61. The number of hydrogen-bond donors (Lipinski definition) is 1. The molecular weight excluding hydrogens is 340 g/mol. The summed E-state index contributed by atoms with van der Waals surface area (Å²) in [5.41, 5.74) is 1.09. The largest absolute Gasteiger partial charge is 0.396 e. The monoisotopic (exact) mass is 386 g/mol. The number of aliphatic hydroxyl groups is 1. The lowest BCUT2D eigenvalue weighted by Crippen LogP contribution is -2.51. The lowest BCUT2D eigenvalue weighted by Gasteiger charge is -2.58. The molecule has 0 aromatic carbocycles. The van der Waals surface area contributed by atoms with Gasteiger partial charge in [-0.25, -0.2) is 0 Å². The van der Waals surface area contributed by atoms with Gasteiger partial charge in [0.05, 0.1) is 0 Å². The van der Waals surface area contributed by atoms with Crippen molar-refractivity contribution in [3.05, 3.63) is 12.2 Å². The summed E-state index contributed by atoms with van der Waals surface area (Å²) in [4.78, 5) is 0. The van der Waals surface area contributed by atoms with Gasteiger partial charge in [-0.05, 0) is 110 Å². The number of hydrogen-bond acceptors (Lipinski definition) is 1. The van der Waals surface area contributed by atoms with Crippen molar-refractivity contribution in [3.8, 4) is 0 Å². The van der Waals surface area contributed by atoms with Gasteiger partial charge in [-0.3, -0.25) is 0 Å². The molecule has 4 rings (SSSR count). The van der Waals surface area contributed by atoms with E-state index in [1.165, 1.54) is 57.8 Å². The molecule has 0 bridgehead atoms. The Hall–Kier alpha value is -0.300. The van der Waals surface area contributed by atoms with Crippen molar-refractivity contribution in [2.75, 3.05) is 6.61 Å². The van der Waals surface area contributed by atoms with Crippen LogP contribution < -0.4 is 0 Å². The molecule has 28 heavy (non-hydrogen) atoms. The zero-order chi connectivity index (χ0) is 20.1. The van der Waals surface area contributed by atoms with E-state index < -0.39 is 0 Å². The van der Waals surface area contributed by atoms with Gasteiger partial charge in [-0.2, -0.15) is 0 Å². The van der Waals surface area contributed by atoms with Crippen LogP contribution in [0.4, 0.5) is 0 Å². The molecule has 4 fully saturated rings. The van der Waals surface area contributed by atoms with Gasteiger partial charge >= 0.3 is 0 Å². The van der Waals surface area contributed by atoms with Crippen LogP contribution in [0, 0.1) is 58.2 Å². The van der Waals surface area contributed by atoms with Crippen LogP contribution in [0.3, 0.4) is 0 Å². The molecule has 4 aliphatic rings. The normalized spacial score (nSPS) is 50.2.